The highest BCUT2D eigenvalue weighted by Crippen LogP contribution is 2.23. The molecular formula is C19H17N5O. The van der Waals surface area contributed by atoms with E-state index in [1.54, 1.807) is 4.52 Å². The first-order valence-electron chi connectivity index (χ1n) is 7.91. The fourth-order valence-corrected chi connectivity index (χ4v) is 2.64. The lowest BCUT2D eigenvalue weighted by atomic mass is 10.1. The third kappa shape index (κ3) is 3.02. The van der Waals surface area contributed by atoms with Gasteiger partial charge in [0.25, 0.3) is 0 Å². The molecule has 0 saturated heterocycles. The number of nitrogen functional groups attached to an aromatic ring is 1. The van der Waals surface area contributed by atoms with E-state index in [0.29, 0.717) is 11.6 Å². The summed E-state index contributed by atoms with van der Waals surface area (Å²) in [5, 5.41) is 16.8. The van der Waals surface area contributed by atoms with Crippen molar-refractivity contribution in [3.63, 3.8) is 0 Å². The lowest BCUT2D eigenvalue weighted by Crippen LogP contribution is -1.97. The highest BCUT2D eigenvalue weighted by atomic mass is 16.3. The van der Waals surface area contributed by atoms with Crippen LogP contribution in [-0.4, -0.2) is 19.7 Å². The predicted molar refractivity (Wildman–Crippen MR) is 98.5 cm³/mol. The first-order chi connectivity index (χ1) is 12.2. The summed E-state index contributed by atoms with van der Waals surface area (Å²) in [7, 11) is 0. The number of aromatic nitrogens is 3. The Morgan fingerprint density at radius 1 is 0.960 bits per heavy atom. The molecule has 124 valence electrons. The summed E-state index contributed by atoms with van der Waals surface area (Å²) in [4.78, 5) is 4.46. The van der Waals surface area contributed by atoms with E-state index in [0.717, 1.165) is 28.0 Å². The average Bonchev–Trinajstić information content (AvgIpc) is 3.05. The quantitative estimate of drug-likeness (QED) is 0.500. The monoisotopic (exact) mass is 331 g/mol. The number of nitrogens with one attached hydrogen (secondary N) is 1. The van der Waals surface area contributed by atoms with Gasteiger partial charge in [-0.1, -0.05) is 36.4 Å². The molecule has 0 atom stereocenters. The van der Waals surface area contributed by atoms with Gasteiger partial charge in [0.05, 0.1) is 18.0 Å². The van der Waals surface area contributed by atoms with Gasteiger partial charge in [-0.15, -0.1) is 5.10 Å². The van der Waals surface area contributed by atoms with E-state index < -0.39 is 0 Å². The largest absolute Gasteiger partial charge is 0.397 e. The summed E-state index contributed by atoms with van der Waals surface area (Å²) in [5.41, 5.74) is 11.1. The Morgan fingerprint density at radius 3 is 2.48 bits per heavy atom. The molecule has 0 fully saturated rings. The number of aliphatic hydroxyl groups is 1. The van der Waals surface area contributed by atoms with Crippen LogP contribution in [0.1, 0.15) is 5.56 Å². The van der Waals surface area contributed by atoms with E-state index in [9.17, 15) is 0 Å². The number of nitrogens with two attached hydrogens (primary N) is 1. The molecule has 4 aromatic rings. The molecule has 0 spiro atoms. The molecule has 0 aliphatic heterocycles. The lowest BCUT2D eigenvalue weighted by Gasteiger charge is -2.04. The number of nitrogens with zero attached hydrogens (tertiary/aromatic N) is 3. The van der Waals surface area contributed by atoms with Crippen LogP contribution in [0, 0.1) is 0 Å². The second kappa shape index (κ2) is 6.26. The van der Waals surface area contributed by atoms with Crippen LogP contribution < -0.4 is 11.1 Å². The van der Waals surface area contributed by atoms with Crippen LogP contribution in [0.25, 0.3) is 16.8 Å². The van der Waals surface area contributed by atoms with Crippen molar-refractivity contribution in [2.45, 2.75) is 6.61 Å². The number of benzene rings is 2. The van der Waals surface area contributed by atoms with E-state index >= 15 is 0 Å². The fourth-order valence-electron chi connectivity index (χ4n) is 2.64. The van der Waals surface area contributed by atoms with Gasteiger partial charge in [-0.05, 0) is 35.4 Å². The van der Waals surface area contributed by atoms with Gasteiger partial charge in [-0.2, -0.15) is 4.98 Å². The third-order valence-electron chi connectivity index (χ3n) is 4.01. The van der Waals surface area contributed by atoms with Gasteiger partial charge in [0.15, 0.2) is 5.65 Å². The van der Waals surface area contributed by atoms with E-state index in [2.05, 4.69) is 15.4 Å². The number of anilines is 3. The summed E-state index contributed by atoms with van der Waals surface area (Å²) >= 11 is 0. The number of hydrogen-bond acceptors (Lipinski definition) is 5. The summed E-state index contributed by atoms with van der Waals surface area (Å²) in [6.45, 7) is 0.0417. The first kappa shape index (κ1) is 15.2. The minimum absolute atomic E-state index is 0.0417. The molecule has 0 aliphatic rings. The Bertz CT molecular complexity index is 1020. The molecule has 25 heavy (non-hydrogen) atoms. The van der Waals surface area contributed by atoms with Crippen molar-refractivity contribution >= 4 is 23.0 Å². The predicted octanol–water partition coefficient (Wildman–Crippen LogP) is 3.21. The highest BCUT2D eigenvalue weighted by Gasteiger charge is 2.07. The van der Waals surface area contributed by atoms with Crippen molar-refractivity contribution in [2.24, 2.45) is 0 Å². The zero-order chi connectivity index (χ0) is 17.2. The van der Waals surface area contributed by atoms with Crippen LogP contribution in [0.4, 0.5) is 17.3 Å². The zero-order valence-corrected chi connectivity index (χ0v) is 13.4. The maximum absolute atomic E-state index is 9.15. The van der Waals surface area contributed by atoms with Crippen molar-refractivity contribution in [3.8, 4) is 11.1 Å². The SMILES string of the molecule is Nc1ccccc1Nc1nc2ccc(-c3ccc(CO)cc3)cn2n1. The van der Waals surface area contributed by atoms with E-state index in [1.807, 2.05) is 66.9 Å². The van der Waals surface area contributed by atoms with Crippen LogP contribution in [0.3, 0.4) is 0 Å². The molecule has 0 aliphatic carbocycles. The number of aliphatic hydroxyl groups excluding tert-OH is 1. The number of fused-ring (bicyclic) bond motifs is 1. The Morgan fingerprint density at radius 2 is 1.72 bits per heavy atom. The third-order valence-corrected chi connectivity index (χ3v) is 4.01. The molecule has 6 heteroatoms. The molecule has 2 aromatic carbocycles. The molecule has 4 N–H and O–H groups in total. The Hall–Kier alpha value is -3.38. The maximum Gasteiger partial charge on any atom is 0.247 e. The van der Waals surface area contributed by atoms with Gasteiger partial charge >= 0.3 is 0 Å². The number of para-hydroxylation sites is 2. The molecule has 0 bridgehead atoms. The molecule has 0 radical (unpaired) electrons. The molecule has 0 amide bonds. The van der Waals surface area contributed by atoms with Crippen LogP contribution in [-0.2, 0) is 6.61 Å². The van der Waals surface area contributed by atoms with Crippen molar-refractivity contribution in [1.82, 2.24) is 14.6 Å². The van der Waals surface area contributed by atoms with E-state index in [4.69, 9.17) is 10.8 Å². The van der Waals surface area contributed by atoms with Crippen molar-refractivity contribution in [1.29, 1.82) is 0 Å². The summed E-state index contributed by atoms with van der Waals surface area (Å²) in [5.74, 6) is 0.491. The molecule has 2 aromatic heterocycles. The Balaban J connectivity index is 1.66. The van der Waals surface area contributed by atoms with Gasteiger partial charge in [-0.25, -0.2) is 4.52 Å². The van der Waals surface area contributed by atoms with E-state index in [-0.39, 0.29) is 6.61 Å². The van der Waals surface area contributed by atoms with Crippen LogP contribution in [0.15, 0.2) is 66.9 Å². The first-order valence-corrected chi connectivity index (χ1v) is 7.91. The molecule has 0 unspecified atom stereocenters. The highest BCUT2D eigenvalue weighted by molar-refractivity contribution is 5.71. The summed E-state index contributed by atoms with van der Waals surface area (Å²) in [6.07, 6.45) is 1.93. The van der Waals surface area contributed by atoms with Gasteiger partial charge in [0.2, 0.25) is 5.95 Å². The van der Waals surface area contributed by atoms with Crippen molar-refractivity contribution < 1.29 is 5.11 Å². The molecule has 2 heterocycles. The molecule has 6 nitrogen and oxygen atoms in total. The number of pyridine rings is 1. The van der Waals surface area contributed by atoms with Crippen LogP contribution >= 0.6 is 0 Å². The van der Waals surface area contributed by atoms with Gasteiger partial charge in [0.1, 0.15) is 0 Å². The minimum atomic E-state index is 0.0417. The minimum Gasteiger partial charge on any atom is -0.397 e. The summed E-state index contributed by atoms with van der Waals surface area (Å²) in [6, 6.07) is 19.2. The average molecular weight is 331 g/mol. The van der Waals surface area contributed by atoms with Gasteiger partial charge in [-0.3, -0.25) is 0 Å². The maximum atomic E-state index is 9.15. The molecular weight excluding hydrogens is 314 g/mol. The van der Waals surface area contributed by atoms with Crippen LogP contribution in [0.2, 0.25) is 0 Å². The topological polar surface area (TPSA) is 88.5 Å². The Kier molecular flexibility index (Phi) is 3.80. The normalized spacial score (nSPS) is 10.9. The van der Waals surface area contributed by atoms with Gasteiger partial charge in [0, 0.05) is 11.8 Å². The van der Waals surface area contributed by atoms with Gasteiger partial charge < -0.3 is 16.2 Å². The number of hydrogen-bond donors (Lipinski definition) is 3. The second-order valence-corrected chi connectivity index (χ2v) is 5.72. The number of rotatable bonds is 4. The lowest BCUT2D eigenvalue weighted by molar-refractivity contribution is 0.282. The van der Waals surface area contributed by atoms with Crippen molar-refractivity contribution in [3.05, 3.63) is 72.4 Å². The van der Waals surface area contributed by atoms with E-state index in [1.165, 1.54) is 0 Å². The summed E-state index contributed by atoms with van der Waals surface area (Å²) < 4.78 is 1.73. The fraction of sp³-hybridized carbons (Fsp3) is 0.0526. The Labute approximate surface area is 144 Å². The standard InChI is InChI=1S/C19H17N5O/c20-16-3-1-2-4-17(16)21-19-22-18-10-9-15(11-24(18)23-19)14-7-5-13(12-25)6-8-14/h1-11,25H,12,20H2,(H,21,23). The van der Waals surface area contributed by atoms with Crippen LogP contribution in [0.5, 0.6) is 0 Å². The van der Waals surface area contributed by atoms with Crippen molar-refractivity contribution in [2.75, 3.05) is 11.1 Å². The molecule has 4 rings (SSSR count). The zero-order valence-electron chi connectivity index (χ0n) is 13.4. The molecule has 0 saturated carbocycles. The second-order valence-electron chi connectivity index (χ2n) is 5.72. The smallest absolute Gasteiger partial charge is 0.247 e.